The Hall–Kier alpha value is -2.50. The molecule has 3 atom stereocenters. The van der Waals surface area contributed by atoms with Gasteiger partial charge < -0.3 is 15.4 Å². The van der Waals surface area contributed by atoms with Gasteiger partial charge in [-0.25, -0.2) is 23.0 Å². The number of nitrogens with one attached hydrogen (secondary N) is 3. The molecule has 0 radical (unpaired) electrons. The third-order valence-corrected chi connectivity index (χ3v) is 8.79. The lowest BCUT2D eigenvalue weighted by Crippen LogP contribution is -2.38. The average molecular weight is 578 g/mol. The topological polar surface area (TPSA) is 88.2 Å². The second kappa shape index (κ2) is 13.7. The van der Waals surface area contributed by atoms with E-state index in [4.69, 9.17) is 9.72 Å². The molecule has 0 spiro atoms. The van der Waals surface area contributed by atoms with E-state index in [1.807, 2.05) is 20.8 Å². The summed E-state index contributed by atoms with van der Waals surface area (Å²) in [6.07, 6.45) is 6.53. The van der Waals surface area contributed by atoms with Crippen LogP contribution in [0.3, 0.4) is 0 Å². The first-order chi connectivity index (χ1) is 18.7. The van der Waals surface area contributed by atoms with Gasteiger partial charge in [0.1, 0.15) is 28.2 Å². The molecule has 0 amide bonds. The van der Waals surface area contributed by atoms with E-state index in [2.05, 4.69) is 26.9 Å². The third kappa shape index (κ3) is 8.49. The maximum absolute atomic E-state index is 15.0. The summed E-state index contributed by atoms with van der Waals surface area (Å²) >= 11 is 1.40. The number of anilines is 2. The maximum atomic E-state index is 15.0. The first-order valence-electron chi connectivity index (χ1n) is 13.4. The Labute approximate surface area is 236 Å². The molecule has 1 aromatic carbocycles. The Balaban J connectivity index is 1.64. The number of nitrogens with zero attached hydrogens (tertiary/aromatic N) is 2. The molecule has 3 unspecified atom stereocenters. The maximum Gasteiger partial charge on any atom is 0.223 e. The average Bonchev–Trinajstić information content (AvgIpc) is 3.72. The van der Waals surface area contributed by atoms with Gasteiger partial charge in [-0.1, -0.05) is 32.2 Å². The third-order valence-electron chi connectivity index (χ3n) is 6.62. The summed E-state index contributed by atoms with van der Waals surface area (Å²) < 4.78 is 50.9. The molecule has 2 aromatic rings. The van der Waals surface area contributed by atoms with Crippen LogP contribution in [-0.2, 0) is 11.0 Å². The van der Waals surface area contributed by atoms with Gasteiger partial charge in [-0.05, 0) is 62.5 Å². The molecule has 1 saturated carbocycles. The molecule has 11 heteroatoms. The molecule has 0 bridgehead atoms. The van der Waals surface area contributed by atoms with E-state index >= 15 is 0 Å². The van der Waals surface area contributed by atoms with Crippen LogP contribution in [0.5, 0.6) is 5.75 Å². The molecule has 212 valence electrons. The van der Waals surface area contributed by atoms with Crippen molar-refractivity contribution < 1.29 is 17.7 Å². The number of rotatable bonds is 13. The number of benzene rings is 1. The number of halogens is 2. The molecule has 2 aliphatic rings. The normalized spacial score (nSPS) is 19.6. The molecule has 1 aliphatic carbocycles. The van der Waals surface area contributed by atoms with Crippen LogP contribution in [0.4, 0.5) is 20.4 Å². The Kier molecular flexibility index (Phi) is 10.4. The van der Waals surface area contributed by atoms with E-state index < -0.39 is 28.3 Å². The lowest BCUT2D eigenvalue weighted by atomic mass is 10.1. The summed E-state index contributed by atoms with van der Waals surface area (Å²) in [5, 5.41) is 6.78. The fraction of sp³-hybridized carbons (Fsp3) is 0.500. The fourth-order valence-electron chi connectivity index (χ4n) is 4.16. The Morgan fingerprint density at radius 1 is 1.31 bits per heavy atom. The molecule has 4 rings (SSSR count). The van der Waals surface area contributed by atoms with Gasteiger partial charge in [0.15, 0.2) is 11.6 Å². The predicted molar refractivity (Wildman–Crippen MR) is 157 cm³/mol. The zero-order chi connectivity index (χ0) is 27.9. The lowest BCUT2D eigenvalue weighted by Gasteiger charge is -2.24. The van der Waals surface area contributed by atoms with Crippen molar-refractivity contribution in [1.82, 2.24) is 15.3 Å². The van der Waals surface area contributed by atoms with Crippen LogP contribution in [0.25, 0.3) is 4.91 Å². The van der Waals surface area contributed by atoms with Crippen LogP contribution in [-0.4, -0.2) is 39.1 Å². The molecule has 1 saturated heterocycles. The second-order valence-electron chi connectivity index (χ2n) is 10.2. The standard InChI is InChI=1S/C28H37F2N5O2S2/c1-5-18(4)26(37-21-13-22(29)25(23(30)14-21)35-39(36)16-19-8-9-19)27(38-17(2)3)24-10-12-32-28(34-24)33-20-7-6-11-31-15-20/h10,12-14,18-20,31,35H,2,5-9,11,15-16H2,1,3-4H3,(H,32,33,34)/b27-26+. The predicted octanol–water partition coefficient (Wildman–Crippen LogP) is 6.46. The van der Waals surface area contributed by atoms with E-state index in [-0.39, 0.29) is 17.7 Å². The van der Waals surface area contributed by atoms with Gasteiger partial charge in [0.2, 0.25) is 5.95 Å². The monoisotopic (exact) mass is 577 g/mol. The van der Waals surface area contributed by atoms with Gasteiger partial charge in [-0.3, -0.25) is 4.72 Å². The van der Waals surface area contributed by atoms with Crippen molar-refractivity contribution in [3.05, 3.63) is 59.0 Å². The summed E-state index contributed by atoms with van der Waals surface area (Å²) in [7, 11) is -1.55. The number of aromatic nitrogens is 2. The highest BCUT2D eigenvalue weighted by atomic mass is 32.2. The highest BCUT2D eigenvalue weighted by Gasteiger charge is 2.26. The van der Waals surface area contributed by atoms with Crippen molar-refractivity contribution in [2.75, 3.05) is 28.9 Å². The van der Waals surface area contributed by atoms with Crippen LogP contribution in [0.1, 0.15) is 58.6 Å². The summed E-state index contributed by atoms with van der Waals surface area (Å²) in [5.74, 6) is -0.0104. The van der Waals surface area contributed by atoms with Gasteiger partial charge in [-0.2, -0.15) is 0 Å². The Bertz CT molecular complexity index is 1210. The summed E-state index contributed by atoms with van der Waals surface area (Å²) in [6.45, 7) is 11.8. The van der Waals surface area contributed by atoms with Crippen LogP contribution < -0.4 is 20.1 Å². The Morgan fingerprint density at radius 3 is 2.67 bits per heavy atom. The first kappa shape index (κ1) is 29.5. The molecule has 1 aromatic heterocycles. The van der Waals surface area contributed by atoms with E-state index in [9.17, 15) is 13.0 Å². The minimum absolute atomic E-state index is 0.0133. The minimum atomic E-state index is -1.55. The molecule has 39 heavy (non-hydrogen) atoms. The van der Waals surface area contributed by atoms with Crippen LogP contribution in [0, 0.1) is 23.5 Å². The highest BCUT2D eigenvalue weighted by Crippen LogP contribution is 2.39. The van der Waals surface area contributed by atoms with Crippen LogP contribution >= 0.6 is 11.8 Å². The van der Waals surface area contributed by atoms with Crippen LogP contribution in [0.2, 0.25) is 0 Å². The molecular formula is C28H37F2N5O2S2. The second-order valence-corrected chi connectivity index (χ2v) is 12.7. The number of piperidine rings is 1. The summed E-state index contributed by atoms with van der Waals surface area (Å²) in [5.41, 5.74) is 0.227. The minimum Gasteiger partial charge on any atom is -0.460 e. The van der Waals surface area contributed by atoms with Crippen molar-refractivity contribution in [2.45, 2.75) is 58.9 Å². The number of hydrogen-bond acceptors (Lipinski definition) is 7. The fourth-order valence-corrected chi connectivity index (χ4v) is 6.34. The number of thioether (sulfide) groups is 1. The van der Waals surface area contributed by atoms with Gasteiger partial charge in [0.25, 0.3) is 0 Å². The number of ether oxygens (including phenoxy) is 1. The number of hydrogen-bond donors (Lipinski definition) is 3. The SMILES string of the molecule is C=C(C)S/C(=C(/Oc1cc(F)c(NS(=O)CC2CC2)c(F)c1)C(C)CC)c1ccnc(NC2CCCNC2)n1. The van der Waals surface area contributed by atoms with Crippen molar-refractivity contribution in [2.24, 2.45) is 11.8 Å². The smallest absolute Gasteiger partial charge is 0.223 e. The summed E-state index contributed by atoms with van der Waals surface area (Å²) in [6, 6.07) is 4.27. The zero-order valence-corrected chi connectivity index (χ0v) is 24.3. The van der Waals surface area contributed by atoms with Gasteiger partial charge >= 0.3 is 0 Å². The molecular weight excluding hydrogens is 540 g/mol. The van der Waals surface area contributed by atoms with E-state index in [1.165, 1.54) is 11.8 Å². The van der Waals surface area contributed by atoms with Crippen LogP contribution in [0.15, 0.2) is 41.6 Å². The quantitative estimate of drug-likeness (QED) is 0.235. The van der Waals surface area contributed by atoms with Crippen molar-refractivity contribution in [1.29, 1.82) is 0 Å². The van der Waals surface area contributed by atoms with Crippen molar-refractivity contribution >= 4 is 39.3 Å². The first-order valence-corrected chi connectivity index (χ1v) is 15.6. The molecule has 2 fully saturated rings. The van der Waals surface area contributed by atoms with Crippen molar-refractivity contribution in [3.8, 4) is 5.75 Å². The molecule has 1 aliphatic heterocycles. The number of allylic oxidation sites excluding steroid dienone is 2. The van der Waals surface area contributed by atoms with Gasteiger partial charge in [0, 0.05) is 42.6 Å². The van der Waals surface area contributed by atoms with Gasteiger partial charge in [0.05, 0.1) is 10.6 Å². The lowest BCUT2D eigenvalue weighted by molar-refractivity contribution is 0.353. The van der Waals surface area contributed by atoms with Crippen molar-refractivity contribution in [3.63, 3.8) is 0 Å². The van der Waals surface area contributed by atoms with Gasteiger partial charge in [-0.15, -0.1) is 0 Å². The summed E-state index contributed by atoms with van der Waals surface area (Å²) in [4.78, 5) is 10.7. The Morgan fingerprint density at radius 2 is 2.05 bits per heavy atom. The zero-order valence-electron chi connectivity index (χ0n) is 22.7. The largest absolute Gasteiger partial charge is 0.460 e. The van der Waals surface area contributed by atoms with E-state index in [0.717, 1.165) is 62.2 Å². The molecule has 3 N–H and O–H groups in total. The van der Waals surface area contributed by atoms with E-state index in [1.54, 1.807) is 12.3 Å². The van der Waals surface area contributed by atoms with E-state index in [0.29, 0.717) is 34.0 Å². The highest BCUT2D eigenvalue weighted by molar-refractivity contribution is 8.11. The molecule has 7 nitrogen and oxygen atoms in total. The molecule has 2 heterocycles.